The molecule has 5 nitrogen and oxygen atoms in total. The Morgan fingerprint density at radius 2 is 1.89 bits per heavy atom. The van der Waals surface area contributed by atoms with Gasteiger partial charge in [-0.15, -0.1) is 0 Å². The monoisotopic (exact) mass is 304 g/mol. The van der Waals surface area contributed by atoms with E-state index in [0.29, 0.717) is 11.4 Å². The zero-order valence-corrected chi connectivity index (χ0v) is 12.2. The van der Waals surface area contributed by atoms with Crippen LogP contribution in [0, 0.1) is 5.92 Å². The fourth-order valence-corrected chi connectivity index (χ4v) is 2.90. The molecule has 1 rings (SSSR count). The van der Waals surface area contributed by atoms with E-state index in [0.717, 1.165) is 0 Å². The fourth-order valence-electron chi connectivity index (χ4n) is 1.48. The summed E-state index contributed by atoms with van der Waals surface area (Å²) in [6.07, 6.45) is 0.516. The van der Waals surface area contributed by atoms with Crippen LogP contribution in [0.15, 0.2) is 29.2 Å². The normalized spacial score (nSPS) is 14.9. The van der Waals surface area contributed by atoms with Crippen molar-refractivity contribution in [3.8, 4) is 0 Å². The summed E-state index contributed by atoms with van der Waals surface area (Å²) in [5, 5.41) is 11.4. The van der Waals surface area contributed by atoms with E-state index < -0.39 is 22.0 Å². The summed E-state index contributed by atoms with van der Waals surface area (Å²) < 4.78 is 26.2. The van der Waals surface area contributed by atoms with Gasteiger partial charge in [-0.25, -0.2) is 13.1 Å². The molecular formula is C12H15ClNO4S-. The average molecular weight is 305 g/mol. The van der Waals surface area contributed by atoms with E-state index in [1.165, 1.54) is 24.3 Å². The van der Waals surface area contributed by atoms with Crippen LogP contribution in [0.1, 0.15) is 20.3 Å². The van der Waals surface area contributed by atoms with Crippen LogP contribution in [0.25, 0.3) is 0 Å². The SMILES string of the molecule is CC[C@@H](C)[C@@H](NS(=O)(=O)c1ccc(Cl)cc1)C(=O)[O-]. The van der Waals surface area contributed by atoms with Crippen LogP contribution < -0.4 is 9.83 Å². The minimum atomic E-state index is -3.91. The number of rotatable bonds is 6. The molecule has 0 radical (unpaired) electrons. The number of carbonyl (C=O) groups is 1. The van der Waals surface area contributed by atoms with Gasteiger partial charge in [0.25, 0.3) is 0 Å². The number of benzene rings is 1. The van der Waals surface area contributed by atoms with Crippen LogP contribution >= 0.6 is 11.6 Å². The third-order valence-electron chi connectivity index (χ3n) is 2.87. The van der Waals surface area contributed by atoms with Gasteiger partial charge >= 0.3 is 0 Å². The van der Waals surface area contributed by atoms with Gasteiger partial charge in [-0.1, -0.05) is 31.9 Å². The van der Waals surface area contributed by atoms with Crippen LogP contribution in [-0.2, 0) is 14.8 Å². The Labute approximate surface area is 117 Å². The highest BCUT2D eigenvalue weighted by molar-refractivity contribution is 7.89. The molecule has 0 heterocycles. The second kappa shape index (κ2) is 6.36. The van der Waals surface area contributed by atoms with Gasteiger partial charge in [0.2, 0.25) is 10.0 Å². The van der Waals surface area contributed by atoms with Crippen molar-refractivity contribution in [2.45, 2.75) is 31.2 Å². The summed E-state index contributed by atoms with van der Waals surface area (Å²) in [5.41, 5.74) is 0. The van der Waals surface area contributed by atoms with Gasteiger partial charge in [0, 0.05) is 5.02 Å². The third kappa shape index (κ3) is 4.19. The number of nitrogens with one attached hydrogen (secondary N) is 1. The Balaban J connectivity index is 3.00. The van der Waals surface area contributed by atoms with E-state index >= 15 is 0 Å². The molecule has 0 fully saturated rings. The summed E-state index contributed by atoms with van der Waals surface area (Å²) in [7, 11) is -3.91. The second-order valence-corrected chi connectivity index (χ2v) is 6.41. The molecule has 0 unspecified atom stereocenters. The number of halogens is 1. The minimum Gasteiger partial charge on any atom is -0.548 e. The Morgan fingerprint density at radius 1 is 1.37 bits per heavy atom. The summed E-state index contributed by atoms with van der Waals surface area (Å²) in [5.74, 6) is -1.81. The number of aliphatic carboxylic acids is 1. The lowest BCUT2D eigenvalue weighted by molar-refractivity contribution is -0.309. The molecule has 0 spiro atoms. The molecule has 2 atom stereocenters. The molecule has 0 aliphatic carbocycles. The summed E-state index contributed by atoms with van der Waals surface area (Å²) in [4.78, 5) is 11.0. The van der Waals surface area contributed by atoms with Gasteiger partial charge < -0.3 is 9.90 Å². The highest BCUT2D eigenvalue weighted by Gasteiger charge is 2.24. The standard InChI is InChI=1S/C12H16ClNO4S/c1-3-8(2)11(12(15)16)14-19(17,18)10-6-4-9(13)5-7-10/h4-8,11,14H,3H2,1-2H3,(H,15,16)/p-1/t8-,11-/m1/s1. The lowest BCUT2D eigenvalue weighted by Crippen LogP contribution is -2.51. The van der Waals surface area contributed by atoms with Crippen molar-refractivity contribution in [2.75, 3.05) is 0 Å². The lowest BCUT2D eigenvalue weighted by Gasteiger charge is -2.24. The highest BCUT2D eigenvalue weighted by atomic mass is 35.5. The first-order valence-corrected chi connectivity index (χ1v) is 7.62. The number of hydrogen-bond acceptors (Lipinski definition) is 4. The maximum Gasteiger partial charge on any atom is 0.241 e. The number of carboxylic acids is 1. The first-order chi connectivity index (χ1) is 8.77. The summed E-state index contributed by atoms with van der Waals surface area (Å²) in [6.45, 7) is 3.42. The molecule has 0 bridgehead atoms. The Kier molecular flexibility index (Phi) is 5.34. The first-order valence-electron chi connectivity index (χ1n) is 5.76. The number of sulfonamides is 1. The van der Waals surface area contributed by atoms with Crippen molar-refractivity contribution >= 4 is 27.6 Å². The van der Waals surface area contributed by atoms with Crippen molar-refractivity contribution in [1.82, 2.24) is 4.72 Å². The van der Waals surface area contributed by atoms with Crippen molar-refractivity contribution < 1.29 is 18.3 Å². The van der Waals surface area contributed by atoms with E-state index in [1.54, 1.807) is 13.8 Å². The fraction of sp³-hybridized carbons (Fsp3) is 0.417. The van der Waals surface area contributed by atoms with Gasteiger partial charge in [-0.05, 0) is 30.2 Å². The Bertz CT molecular complexity index is 541. The highest BCUT2D eigenvalue weighted by Crippen LogP contribution is 2.16. The predicted octanol–water partition coefficient (Wildman–Crippen LogP) is 0.783. The molecular weight excluding hydrogens is 290 g/mol. The maximum atomic E-state index is 12.0. The molecule has 1 aromatic carbocycles. The van der Waals surface area contributed by atoms with Gasteiger partial charge in [-0.2, -0.15) is 0 Å². The first kappa shape index (κ1) is 15.9. The van der Waals surface area contributed by atoms with Crippen LogP contribution in [0.5, 0.6) is 0 Å². The molecule has 106 valence electrons. The molecule has 1 N–H and O–H groups in total. The third-order valence-corrected chi connectivity index (χ3v) is 4.58. The maximum absolute atomic E-state index is 12.0. The van der Waals surface area contributed by atoms with E-state index in [1.807, 2.05) is 0 Å². The van der Waals surface area contributed by atoms with Gasteiger partial charge in [0.1, 0.15) is 0 Å². The van der Waals surface area contributed by atoms with E-state index in [4.69, 9.17) is 11.6 Å². The quantitative estimate of drug-likeness (QED) is 0.841. The van der Waals surface area contributed by atoms with Crippen molar-refractivity contribution in [1.29, 1.82) is 0 Å². The van der Waals surface area contributed by atoms with E-state index in [-0.39, 0.29) is 10.8 Å². The average Bonchev–Trinajstić information content (AvgIpc) is 2.35. The van der Waals surface area contributed by atoms with E-state index in [9.17, 15) is 18.3 Å². The van der Waals surface area contributed by atoms with Crippen molar-refractivity contribution in [2.24, 2.45) is 5.92 Å². The van der Waals surface area contributed by atoms with Crippen LogP contribution in [0.4, 0.5) is 0 Å². The molecule has 0 amide bonds. The van der Waals surface area contributed by atoms with Crippen molar-refractivity contribution in [3.05, 3.63) is 29.3 Å². The smallest absolute Gasteiger partial charge is 0.241 e. The number of hydrogen-bond donors (Lipinski definition) is 1. The molecule has 0 saturated heterocycles. The minimum absolute atomic E-state index is 0.0357. The van der Waals surface area contributed by atoms with Gasteiger partial charge in [-0.3, -0.25) is 0 Å². The summed E-state index contributed by atoms with van der Waals surface area (Å²) >= 11 is 5.67. The molecule has 0 saturated carbocycles. The molecule has 1 aromatic rings. The summed E-state index contributed by atoms with van der Waals surface area (Å²) in [6, 6.07) is 4.22. The number of carbonyl (C=O) groups excluding carboxylic acids is 1. The second-order valence-electron chi connectivity index (χ2n) is 4.26. The van der Waals surface area contributed by atoms with Crippen LogP contribution in [-0.4, -0.2) is 20.4 Å². The molecule has 19 heavy (non-hydrogen) atoms. The predicted molar refractivity (Wildman–Crippen MR) is 70.0 cm³/mol. The van der Waals surface area contributed by atoms with Crippen molar-refractivity contribution in [3.63, 3.8) is 0 Å². The molecule has 0 aliphatic heterocycles. The van der Waals surface area contributed by atoms with Gasteiger partial charge in [0.15, 0.2) is 0 Å². The van der Waals surface area contributed by atoms with E-state index in [2.05, 4.69) is 4.72 Å². The molecule has 0 aromatic heterocycles. The van der Waals surface area contributed by atoms with Gasteiger partial charge in [0.05, 0.1) is 16.9 Å². The molecule has 0 aliphatic rings. The molecule has 7 heteroatoms. The van der Waals surface area contributed by atoms with Crippen LogP contribution in [0.3, 0.4) is 0 Å². The Hall–Kier alpha value is -1.11. The lowest BCUT2D eigenvalue weighted by atomic mass is 10.0. The van der Waals surface area contributed by atoms with Crippen LogP contribution in [0.2, 0.25) is 5.02 Å². The zero-order valence-electron chi connectivity index (χ0n) is 10.6. The topological polar surface area (TPSA) is 86.3 Å². The largest absolute Gasteiger partial charge is 0.548 e. The zero-order chi connectivity index (χ0) is 14.6. The number of carboxylic acid groups (broad SMARTS) is 1. The Morgan fingerprint density at radius 3 is 2.32 bits per heavy atom.